The van der Waals surface area contributed by atoms with Gasteiger partial charge in [-0.05, 0) is 31.0 Å². The molecule has 104 valence electrons. The van der Waals surface area contributed by atoms with Crippen molar-refractivity contribution < 1.29 is 19.1 Å². The van der Waals surface area contributed by atoms with Gasteiger partial charge in [0.1, 0.15) is 5.75 Å². The monoisotopic (exact) mass is 265 g/mol. The van der Waals surface area contributed by atoms with Crippen molar-refractivity contribution in [3.63, 3.8) is 0 Å². The van der Waals surface area contributed by atoms with Gasteiger partial charge in [0.05, 0.1) is 14.2 Å². The van der Waals surface area contributed by atoms with Crippen LogP contribution in [0.15, 0.2) is 12.1 Å². The molecule has 5 heteroatoms. The molecule has 0 aromatic heterocycles. The largest absolute Gasteiger partial charge is 0.496 e. The summed E-state index contributed by atoms with van der Waals surface area (Å²) in [5, 5.41) is 2.59. The lowest BCUT2D eigenvalue weighted by molar-refractivity contribution is -0.145. The van der Waals surface area contributed by atoms with Crippen molar-refractivity contribution in [1.29, 1.82) is 0 Å². The summed E-state index contributed by atoms with van der Waals surface area (Å²) in [5.74, 6) is -0.278. The molecule has 1 aromatic rings. The maximum atomic E-state index is 11.9. The van der Waals surface area contributed by atoms with E-state index in [-0.39, 0.29) is 5.91 Å². The molecular formula is C14H19NO4. The van der Waals surface area contributed by atoms with E-state index in [1.807, 2.05) is 26.0 Å². The maximum absolute atomic E-state index is 11.9. The van der Waals surface area contributed by atoms with Gasteiger partial charge in [-0.2, -0.15) is 0 Å². The number of amides is 1. The van der Waals surface area contributed by atoms with Crippen LogP contribution in [0.4, 0.5) is 0 Å². The van der Waals surface area contributed by atoms with E-state index in [2.05, 4.69) is 5.32 Å². The first-order valence-electron chi connectivity index (χ1n) is 5.90. The van der Waals surface area contributed by atoms with E-state index < -0.39 is 12.0 Å². The van der Waals surface area contributed by atoms with Gasteiger partial charge in [0, 0.05) is 12.5 Å². The third-order valence-corrected chi connectivity index (χ3v) is 2.79. The minimum Gasteiger partial charge on any atom is -0.496 e. The zero-order chi connectivity index (χ0) is 14.6. The first-order chi connectivity index (χ1) is 8.90. The smallest absolute Gasteiger partial charge is 0.333 e. The molecule has 1 atom stereocenters. The number of carbonyl (C=O) groups excluding carboxylic acids is 2. The second-order valence-corrected chi connectivity index (χ2v) is 4.35. The molecule has 1 unspecified atom stereocenters. The lowest BCUT2D eigenvalue weighted by atomic mass is 9.97. The van der Waals surface area contributed by atoms with Gasteiger partial charge in [-0.1, -0.05) is 6.07 Å². The number of hydrogen-bond acceptors (Lipinski definition) is 4. The number of hydrogen-bond donors (Lipinski definition) is 1. The summed E-state index contributed by atoms with van der Waals surface area (Å²) in [7, 11) is 2.81. The molecule has 0 bridgehead atoms. The first kappa shape index (κ1) is 15.0. The molecule has 0 aliphatic carbocycles. The van der Waals surface area contributed by atoms with Crippen LogP contribution in [0, 0.1) is 13.8 Å². The second-order valence-electron chi connectivity index (χ2n) is 4.35. The SMILES string of the molecule is COC(=O)C(NC(C)=O)c1c(C)cc(C)cc1OC. The van der Waals surface area contributed by atoms with Crippen molar-refractivity contribution in [1.82, 2.24) is 5.32 Å². The minimum atomic E-state index is -0.863. The van der Waals surface area contributed by atoms with Crippen molar-refractivity contribution in [2.45, 2.75) is 26.8 Å². The summed E-state index contributed by atoms with van der Waals surface area (Å²) in [6.45, 7) is 5.15. The van der Waals surface area contributed by atoms with Crippen LogP contribution in [0.3, 0.4) is 0 Å². The molecule has 0 aliphatic heterocycles. The van der Waals surface area contributed by atoms with Gasteiger partial charge in [-0.25, -0.2) is 4.79 Å². The Kier molecular flexibility index (Phi) is 4.92. The number of nitrogens with one attached hydrogen (secondary N) is 1. The summed E-state index contributed by atoms with van der Waals surface area (Å²) in [6.07, 6.45) is 0. The van der Waals surface area contributed by atoms with Gasteiger partial charge in [0.2, 0.25) is 5.91 Å². The maximum Gasteiger partial charge on any atom is 0.333 e. The van der Waals surface area contributed by atoms with E-state index in [4.69, 9.17) is 9.47 Å². The lowest BCUT2D eigenvalue weighted by Gasteiger charge is -2.21. The Labute approximate surface area is 112 Å². The first-order valence-corrected chi connectivity index (χ1v) is 5.90. The van der Waals surface area contributed by atoms with Crippen molar-refractivity contribution in [3.05, 3.63) is 28.8 Å². The quantitative estimate of drug-likeness (QED) is 0.841. The molecule has 0 heterocycles. The van der Waals surface area contributed by atoms with Gasteiger partial charge in [-0.3, -0.25) is 4.79 Å². The summed E-state index contributed by atoms with van der Waals surface area (Å²) >= 11 is 0. The second kappa shape index (κ2) is 6.22. The molecule has 1 amide bonds. The van der Waals surface area contributed by atoms with Crippen LogP contribution >= 0.6 is 0 Å². The molecule has 0 spiro atoms. The predicted molar refractivity (Wildman–Crippen MR) is 71.0 cm³/mol. The van der Waals surface area contributed by atoms with Gasteiger partial charge >= 0.3 is 5.97 Å². The van der Waals surface area contributed by atoms with Crippen LogP contribution in [0.2, 0.25) is 0 Å². The third-order valence-electron chi connectivity index (χ3n) is 2.79. The molecule has 1 N–H and O–H groups in total. The molecule has 1 aromatic carbocycles. The fraction of sp³-hybridized carbons (Fsp3) is 0.429. The molecular weight excluding hydrogens is 246 g/mol. The number of aryl methyl sites for hydroxylation is 2. The van der Waals surface area contributed by atoms with Gasteiger partial charge in [0.15, 0.2) is 6.04 Å². The van der Waals surface area contributed by atoms with Crippen molar-refractivity contribution in [3.8, 4) is 5.75 Å². The topological polar surface area (TPSA) is 64.6 Å². The standard InChI is InChI=1S/C14H19NO4/c1-8-6-9(2)12(11(7-8)18-4)13(14(17)19-5)15-10(3)16/h6-7,13H,1-5H3,(H,15,16). The zero-order valence-electron chi connectivity index (χ0n) is 11.9. The molecule has 0 saturated heterocycles. The van der Waals surface area contributed by atoms with Gasteiger partial charge in [-0.15, -0.1) is 0 Å². The van der Waals surface area contributed by atoms with Gasteiger partial charge < -0.3 is 14.8 Å². The number of rotatable bonds is 4. The molecule has 0 aliphatic rings. The minimum absolute atomic E-state index is 0.308. The van der Waals surface area contributed by atoms with Crippen molar-refractivity contribution in [2.75, 3.05) is 14.2 Å². The highest BCUT2D eigenvalue weighted by molar-refractivity contribution is 5.85. The Hall–Kier alpha value is -2.04. The van der Waals surface area contributed by atoms with Crippen LogP contribution in [0.5, 0.6) is 5.75 Å². The Morgan fingerprint density at radius 3 is 2.32 bits per heavy atom. The highest BCUT2D eigenvalue weighted by Gasteiger charge is 2.27. The Morgan fingerprint density at radius 2 is 1.84 bits per heavy atom. The average Bonchev–Trinajstić information content (AvgIpc) is 2.34. The Morgan fingerprint density at radius 1 is 1.21 bits per heavy atom. The molecule has 0 radical (unpaired) electrons. The van der Waals surface area contributed by atoms with Crippen LogP contribution < -0.4 is 10.1 Å². The Bertz CT molecular complexity index is 496. The zero-order valence-corrected chi connectivity index (χ0v) is 11.9. The summed E-state index contributed by atoms with van der Waals surface area (Å²) in [4.78, 5) is 23.1. The highest BCUT2D eigenvalue weighted by Crippen LogP contribution is 2.30. The van der Waals surface area contributed by atoms with Crippen molar-refractivity contribution in [2.24, 2.45) is 0 Å². The number of carbonyl (C=O) groups is 2. The summed E-state index contributed by atoms with van der Waals surface area (Å²) < 4.78 is 10.0. The van der Waals surface area contributed by atoms with Crippen LogP contribution in [-0.2, 0) is 14.3 Å². The van der Waals surface area contributed by atoms with E-state index in [0.717, 1.165) is 11.1 Å². The Balaban J connectivity index is 3.36. The molecule has 19 heavy (non-hydrogen) atoms. The normalized spacial score (nSPS) is 11.6. The molecule has 1 rings (SSSR count). The van der Waals surface area contributed by atoms with E-state index >= 15 is 0 Å². The van der Waals surface area contributed by atoms with E-state index in [0.29, 0.717) is 11.3 Å². The number of benzene rings is 1. The number of methoxy groups -OCH3 is 2. The fourth-order valence-corrected chi connectivity index (χ4v) is 2.05. The summed E-state index contributed by atoms with van der Waals surface area (Å²) in [5.41, 5.74) is 2.50. The van der Waals surface area contributed by atoms with E-state index in [1.54, 1.807) is 0 Å². The third kappa shape index (κ3) is 3.47. The van der Waals surface area contributed by atoms with Crippen molar-refractivity contribution >= 4 is 11.9 Å². The number of ether oxygens (including phenoxy) is 2. The average molecular weight is 265 g/mol. The lowest BCUT2D eigenvalue weighted by Crippen LogP contribution is -2.33. The van der Waals surface area contributed by atoms with Crippen LogP contribution in [0.1, 0.15) is 29.7 Å². The molecule has 0 saturated carbocycles. The van der Waals surface area contributed by atoms with Crippen LogP contribution in [0.25, 0.3) is 0 Å². The molecule has 0 fully saturated rings. The van der Waals surface area contributed by atoms with Crippen LogP contribution in [-0.4, -0.2) is 26.1 Å². The van der Waals surface area contributed by atoms with Gasteiger partial charge in [0.25, 0.3) is 0 Å². The molecule has 5 nitrogen and oxygen atoms in total. The fourth-order valence-electron chi connectivity index (χ4n) is 2.05. The number of esters is 1. The highest BCUT2D eigenvalue weighted by atomic mass is 16.5. The predicted octanol–water partition coefficient (Wildman–Crippen LogP) is 1.66. The summed E-state index contributed by atoms with van der Waals surface area (Å²) in [6, 6.07) is 2.88. The van der Waals surface area contributed by atoms with E-state index in [1.165, 1.54) is 21.1 Å². The van der Waals surface area contributed by atoms with E-state index in [9.17, 15) is 9.59 Å².